The Bertz CT molecular complexity index is 888. The van der Waals surface area contributed by atoms with Gasteiger partial charge in [-0.2, -0.15) is 0 Å². The molecule has 0 spiro atoms. The number of hydrogen-bond acceptors (Lipinski definition) is 6. The van der Waals surface area contributed by atoms with Crippen LogP contribution in [-0.2, 0) is 20.9 Å². The first-order chi connectivity index (χ1) is 15.3. The number of benzene rings is 2. The lowest BCUT2D eigenvalue weighted by atomic mass is 10.2. The minimum absolute atomic E-state index is 0.0314. The molecule has 0 unspecified atom stereocenters. The number of rotatable bonds is 6. The lowest BCUT2D eigenvalue weighted by molar-refractivity contribution is -0.159. The van der Waals surface area contributed by atoms with Gasteiger partial charge in [0.2, 0.25) is 0 Å². The summed E-state index contributed by atoms with van der Waals surface area (Å²) in [5.74, 6) is -2.95. The number of hydrogen-bond donors (Lipinski definition) is 2. The molecule has 10 heteroatoms. The number of carbonyl (C=O) groups excluding carboxylic acids is 1. The molecule has 1 fully saturated rings. The number of piperazine rings is 1. The molecule has 1 heterocycles. The summed E-state index contributed by atoms with van der Waals surface area (Å²) in [6, 6.07) is 15.7. The van der Waals surface area contributed by atoms with Crippen LogP contribution in [0.15, 0.2) is 53.4 Å². The molecule has 0 aliphatic carbocycles. The molecular formula is C22H25ClN2O6S. The van der Waals surface area contributed by atoms with Gasteiger partial charge >= 0.3 is 11.9 Å². The predicted octanol–water partition coefficient (Wildman–Crippen LogP) is 2.94. The first kappa shape index (κ1) is 25.5. The van der Waals surface area contributed by atoms with E-state index >= 15 is 0 Å². The number of ether oxygens (including phenoxy) is 1. The summed E-state index contributed by atoms with van der Waals surface area (Å²) in [5, 5.41) is 15.4. The van der Waals surface area contributed by atoms with Crippen LogP contribution in [0.5, 0.6) is 5.75 Å². The molecule has 1 aliphatic rings. The van der Waals surface area contributed by atoms with Crippen LogP contribution in [0.2, 0.25) is 5.02 Å². The number of carboxylic acid groups (broad SMARTS) is 2. The smallest absolute Gasteiger partial charge is 0.414 e. The molecule has 0 bridgehead atoms. The van der Waals surface area contributed by atoms with E-state index in [-0.39, 0.29) is 12.5 Å². The molecule has 0 saturated carbocycles. The van der Waals surface area contributed by atoms with Crippen molar-refractivity contribution in [2.45, 2.75) is 11.4 Å². The molecule has 2 aromatic rings. The molecule has 0 aromatic heterocycles. The van der Waals surface area contributed by atoms with Gasteiger partial charge < -0.3 is 19.8 Å². The Balaban J connectivity index is 0.000000534. The van der Waals surface area contributed by atoms with E-state index < -0.39 is 11.9 Å². The highest BCUT2D eigenvalue weighted by atomic mass is 35.5. The van der Waals surface area contributed by atoms with Crippen molar-refractivity contribution >= 4 is 41.2 Å². The Kier molecular flexibility index (Phi) is 10.3. The third kappa shape index (κ3) is 8.78. The van der Waals surface area contributed by atoms with Crippen molar-refractivity contribution in [1.82, 2.24) is 9.80 Å². The summed E-state index contributed by atoms with van der Waals surface area (Å²) in [6.45, 7) is 4.25. The molecule has 172 valence electrons. The predicted molar refractivity (Wildman–Crippen MR) is 122 cm³/mol. The largest absolute Gasteiger partial charge is 0.484 e. The van der Waals surface area contributed by atoms with Gasteiger partial charge in [0.05, 0.1) is 0 Å². The van der Waals surface area contributed by atoms with Crippen molar-refractivity contribution in [3.05, 3.63) is 59.1 Å². The van der Waals surface area contributed by atoms with Gasteiger partial charge in [-0.1, -0.05) is 23.7 Å². The summed E-state index contributed by atoms with van der Waals surface area (Å²) in [7, 11) is 0. The molecule has 3 rings (SSSR count). The molecule has 2 aromatic carbocycles. The average Bonchev–Trinajstić information content (AvgIpc) is 2.80. The van der Waals surface area contributed by atoms with Crippen molar-refractivity contribution in [3.63, 3.8) is 0 Å². The third-order valence-corrected chi connectivity index (χ3v) is 5.64. The number of nitrogens with zero attached hydrogens (tertiary/aromatic N) is 2. The van der Waals surface area contributed by atoms with Crippen molar-refractivity contribution in [2.75, 3.05) is 39.0 Å². The fraction of sp³-hybridized carbons (Fsp3) is 0.318. The second-order valence-corrected chi connectivity index (χ2v) is 8.17. The second kappa shape index (κ2) is 12.9. The molecule has 1 amide bonds. The summed E-state index contributed by atoms with van der Waals surface area (Å²) in [5.41, 5.74) is 1.31. The maximum atomic E-state index is 12.3. The van der Waals surface area contributed by atoms with Gasteiger partial charge in [-0.3, -0.25) is 9.69 Å². The molecule has 1 aliphatic heterocycles. The van der Waals surface area contributed by atoms with Crippen LogP contribution < -0.4 is 4.74 Å². The fourth-order valence-electron chi connectivity index (χ4n) is 2.91. The van der Waals surface area contributed by atoms with Gasteiger partial charge in [-0.05, 0) is 48.2 Å². The van der Waals surface area contributed by atoms with E-state index in [9.17, 15) is 4.79 Å². The molecule has 0 atom stereocenters. The van der Waals surface area contributed by atoms with Gasteiger partial charge in [0.1, 0.15) is 5.75 Å². The van der Waals surface area contributed by atoms with Gasteiger partial charge in [0.15, 0.2) is 6.61 Å². The molecule has 2 N–H and O–H groups in total. The van der Waals surface area contributed by atoms with Crippen LogP contribution in [0.25, 0.3) is 0 Å². The Hall–Kier alpha value is -2.75. The van der Waals surface area contributed by atoms with Gasteiger partial charge in [0.25, 0.3) is 5.91 Å². The third-order valence-electron chi connectivity index (χ3n) is 4.65. The summed E-state index contributed by atoms with van der Waals surface area (Å²) in [6.07, 6.45) is 2.09. The van der Waals surface area contributed by atoms with Crippen LogP contribution in [0.4, 0.5) is 0 Å². The van der Waals surface area contributed by atoms with Crippen molar-refractivity contribution in [1.29, 1.82) is 0 Å². The Morgan fingerprint density at radius 1 is 0.938 bits per heavy atom. The molecule has 0 radical (unpaired) electrons. The van der Waals surface area contributed by atoms with E-state index in [1.165, 1.54) is 10.5 Å². The number of thioether (sulfide) groups is 1. The quantitative estimate of drug-likeness (QED) is 0.480. The van der Waals surface area contributed by atoms with Crippen molar-refractivity contribution in [3.8, 4) is 5.75 Å². The molecule has 8 nitrogen and oxygen atoms in total. The normalized spacial score (nSPS) is 13.6. The van der Waals surface area contributed by atoms with Crippen LogP contribution in [0, 0.1) is 0 Å². The number of halogens is 1. The number of aliphatic carboxylic acids is 2. The van der Waals surface area contributed by atoms with E-state index in [1.54, 1.807) is 36.0 Å². The fourth-order valence-corrected chi connectivity index (χ4v) is 3.45. The summed E-state index contributed by atoms with van der Waals surface area (Å²) >= 11 is 7.60. The van der Waals surface area contributed by atoms with Gasteiger partial charge in [-0.15, -0.1) is 11.8 Å². The van der Waals surface area contributed by atoms with E-state index in [0.29, 0.717) is 10.8 Å². The van der Waals surface area contributed by atoms with E-state index in [0.717, 1.165) is 32.7 Å². The average molecular weight is 481 g/mol. The molecule has 32 heavy (non-hydrogen) atoms. The van der Waals surface area contributed by atoms with Crippen molar-refractivity contribution in [2.24, 2.45) is 0 Å². The van der Waals surface area contributed by atoms with Gasteiger partial charge in [-0.25, -0.2) is 9.59 Å². The van der Waals surface area contributed by atoms with Crippen LogP contribution in [0.3, 0.4) is 0 Å². The number of amides is 1. The highest BCUT2D eigenvalue weighted by Gasteiger charge is 2.21. The van der Waals surface area contributed by atoms with Crippen LogP contribution >= 0.6 is 23.4 Å². The zero-order chi connectivity index (χ0) is 23.5. The number of carboxylic acids is 2. The minimum Gasteiger partial charge on any atom is -0.484 e. The Morgan fingerprint density at radius 2 is 1.50 bits per heavy atom. The SMILES string of the molecule is CSc1ccc(CN2CCN(C(=O)COc3ccc(Cl)cc3)CC2)cc1.O=C(O)C(=O)O. The van der Waals surface area contributed by atoms with E-state index in [2.05, 4.69) is 35.4 Å². The van der Waals surface area contributed by atoms with E-state index in [1.807, 2.05) is 4.90 Å². The minimum atomic E-state index is -1.82. The first-order valence-electron chi connectivity index (χ1n) is 9.76. The molecule has 1 saturated heterocycles. The zero-order valence-electron chi connectivity index (χ0n) is 17.6. The highest BCUT2D eigenvalue weighted by molar-refractivity contribution is 7.98. The standard InChI is InChI=1S/C20H23ClN2O2S.C2H2O4/c1-26-19-8-2-16(3-9-19)14-22-10-12-23(13-11-22)20(24)15-25-18-6-4-17(21)5-7-18;3-1(4)2(5)6/h2-9H,10-15H2,1H3;(H,3,4)(H,5,6). The lowest BCUT2D eigenvalue weighted by Gasteiger charge is -2.34. The first-order valence-corrected chi connectivity index (χ1v) is 11.4. The maximum Gasteiger partial charge on any atom is 0.414 e. The summed E-state index contributed by atoms with van der Waals surface area (Å²) in [4.78, 5) is 36.1. The van der Waals surface area contributed by atoms with Gasteiger partial charge in [0, 0.05) is 42.6 Å². The Labute approximate surface area is 195 Å². The number of carbonyl (C=O) groups is 3. The summed E-state index contributed by atoms with van der Waals surface area (Å²) < 4.78 is 5.55. The maximum absolute atomic E-state index is 12.3. The van der Waals surface area contributed by atoms with Crippen LogP contribution in [0.1, 0.15) is 5.56 Å². The lowest BCUT2D eigenvalue weighted by Crippen LogP contribution is -2.49. The monoisotopic (exact) mass is 480 g/mol. The Morgan fingerprint density at radius 3 is 2.00 bits per heavy atom. The second-order valence-electron chi connectivity index (χ2n) is 6.86. The highest BCUT2D eigenvalue weighted by Crippen LogP contribution is 2.17. The van der Waals surface area contributed by atoms with Crippen molar-refractivity contribution < 1.29 is 29.3 Å². The molecular weight excluding hydrogens is 456 g/mol. The van der Waals surface area contributed by atoms with E-state index in [4.69, 9.17) is 36.1 Å². The van der Waals surface area contributed by atoms with Crippen LogP contribution in [-0.4, -0.2) is 76.9 Å². The zero-order valence-corrected chi connectivity index (χ0v) is 19.1. The topological polar surface area (TPSA) is 107 Å².